The zero-order chi connectivity index (χ0) is 26.6. The van der Waals surface area contributed by atoms with Gasteiger partial charge >= 0.3 is 5.97 Å². The lowest BCUT2D eigenvalue weighted by Crippen LogP contribution is -2.38. The summed E-state index contributed by atoms with van der Waals surface area (Å²) < 4.78 is 25.0. The van der Waals surface area contributed by atoms with E-state index in [2.05, 4.69) is 10.3 Å². The Bertz CT molecular complexity index is 1490. The summed E-state index contributed by atoms with van der Waals surface area (Å²) >= 11 is 0. The van der Waals surface area contributed by atoms with E-state index in [4.69, 9.17) is 9.15 Å². The zero-order valence-corrected chi connectivity index (χ0v) is 20.8. The Balaban J connectivity index is 1.19. The highest BCUT2D eigenvalue weighted by molar-refractivity contribution is 6.04. The number of likely N-dealkylation sites (tertiary alicyclic amines) is 1. The molecule has 194 valence electrons. The van der Waals surface area contributed by atoms with Gasteiger partial charge in [0, 0.05) is 24.2 Å². The predicted octanol–water partition coefficient (Wildman–Crippen LogP) is 5.42. The topological polar surface area (TPSA) is 102 Å². The van der Waals surface area contributed by atoms with E-state index in [0.29, 0.717) is 42.9 Å². The number of halogens is 1. The van der Waals surface area contributed by atoms with Gasteiger partial charge in [-0.05, 0) is 67.6 Å². The van der Waals surface area contributed by atoms with Crippen LogP contribution in [0.5, 0.6) is 0 Å². The minimum Gasteiger partial charge on any atom is -0.463 e. The van der Waals surface area contributed by atoms with Gasteiger partial charge in [-0.15, -0.1) is 0 Å². The lowest BCUT2D eigenvalue weighted by Gasteiger charge is -2.32. The largest absolute Gasteiger partial charge is 0.463 e. The number of rotatable bonds is 6. The van der Waals surface area contributed by atoms with Crippen molar-refractivity contribution in [1.82, 2.24) is 9.88 Å². The van der Waals surface area contributed by atoms with Crippen LogP contribution < -0.4 is 5.32 Å². The van der Waals surface area contributed by atoms with Gasteiger partial charge in [0.1, 0.15) is 11.5 Å². The van der Waals surface area contributed by atoms with E-state index in [0.717, 1.165) is 10.9 Å². The van der Waals surface area contributed by atoms with E-state index in [1.54, 1.807) is 30.2 Å². The maximum Gasteiger partial charge on any atom is 0.341 e. The van der Waals surface area contributed by atoms with Gasteiger partial charge in [0.2, 0.25) is 0 Å². The first-order valence-corrected chi connectivity index (χ1v) is 12.4. The normalized spacial score (nSPS) is 13.9. The van der Waals surface area contributed by atoms with Gasteiger partial charge in [-0.25, -0.2) is 14.2 Å². The Labute approximate surface area is 218 Å². The second kappa shape index (κ2) is 10.8. The zero-order valence-electron chi connectivity index (χ0n) is 20.8. The fourth-order valence-corrected chi connectivity index (χ4v) is 4.68. The molecular formula is C29H26FN3O5. The third-order valence-corrected chi connectivity index (χ3v) is 6.72. The maximum atomic E-state index is 14.9. The number of hydrogen-bond donors (Lipinski definition) is 1. The number of carbonyl (C=O) groups is 3. The van der Waals surface area contributed by atoms with Crippen LogP contribution in [-0.2, 0) is 4.74 Å². The summed E-state index contributed by atoms with van der Waals surface area (Å²) in [6.07, 6.45) is 4.50. The standard InChI is InChI=1S/C29H26FN3O5/c1-2-37-29(36)23-5-3-4-22(26(23)30)28(35)33-13-10-19(11-14-33)18-6-8-21(9-7-18)32-27(34)24-16-20-12-15-38-25(20)17-31-24/h3-9,12,15-17,19H,2,10-11,13-14H2,1H3,(H,32,34). The molecule has 4 aromatic rings. The van der Waals surface area contributed by atoms with Crippen molar-refractivity contribution < 1.29 is 27.9 Å². The molecule has 0 radical (unpaired) electrons. The minimum atomic E-state index is -0.851. The molecule has 1 saturated heterocycles. The molecule has 0 unspecified atom stereocenters. The smallest absolute Gasteiger partial charge is 0.341 e. The third kappa shape index (κ3) is 5.13. The molecule has 38 heavy (non-hydrogen) atoms. The number of amides is 2. The van der Waals surface area contributed by atoms with Gasteiger partial charge in [-0.2, -0.15) is 0 Å². The van der Waals surface area contributed by atoms with Crippen LogP contribution in [0.1, 0.15) is 62.5 Å². The summed E-state index contributed by atoms with van der Waals surface area (Å²) in [5, 5.41) is 3.66. The second-order valence-electron chi connectivity index (χ2n) is 9.06. The summed E-state index contributed by atoms with van der Waals surface area (Å²) in [5.74, 6) is -2.16. The SMILES string of the molecule is CCOC(=O)c1cccc(C(=O)N2CCC(c3ccc(NC(=O)c4cc5ccoc5cn4)cc3)CC2)c1F. The van der Waals surface area contributed by atoms with Crippen LogP contribution in [0.3, 0.4) is 0 Å². The van der Waals surface area contributed by atoms with Crippen LogP contribution in [0.25, 0.3) is 11.0 Å². The molecule has 5 rings (SSSR count). The molecular weight excluding hydrogens is 489 g/mol. The fraction of sp³-hybridized carbons (Fsp3) is 0.241. The number of carbonyl (C=O) groups excluding carboxylic acids is 3. The molecule has 2 aromatic carbocycles. The molecule has 0 spiro atoms. The van der Waals surface area contributed by atoms with Crippen molar-refractivity contribution in [3.05, 3.63) is 95.3 Å². The molecule has 0 atom stereocenters. The third-order valence-electron chi connectivity index (χ3n) is 6.72. The highest BCUT2D eigenvalue weighted by atomic mass is 19.1. The first-order chi connectivity index (χ1) is 18.4. The van der Waals surface area contributed by atoms with Crippen molar-refractivity contribution in [1.29, 1.82) is 0 Å². The number of furan rings is 1. The van der Waals surface area contributed by atoms with E-state index in [-0.39, 0.29) is 29.6 Å². The van der Waals surface area contributed by atoms with E-state index in [9.17, 15) is 18.8 Å². The van der Waals surface area contributed by atoms with Crippen LogP contribution in [0.15, 0.2) is 71.5 Å². The maximum absolute atomic E-state index is 14.9. The summed E-state index contributed by atoms with van der Waals surface area (Å²) in [6, 6.07) is 15.3. The van der Waals surface area contributed by atoms with Gasteiger partial charge in [-0.3, -0.25) is 9.59 Å². The number of anilines is 1. The average Bonchev–Trinajstić information content (AvgIpc) is 3.41. The van der Waals surface area contributed by atoms with Crippen LogP contribution in [-0.4, -0.2) is 47.4 Å². The van der Waals surface area contributed by atoms with Crippen LogP contribution in [0.2, 0.25) is 0 Å². The molecule has 1 fully saturated rings. The van der Waals surface area contributed by atoms with Crippen molar-refractivity contribution >= 4 is 34.4 Å². The summed E-state index contributed by atoms with van der Waals surface area (Å²) in [6.45, 7) is 2.69. The summed E-state index contributed by atoms with van der Waals surface area (Å²) in [5.41, 5.74) is 2.30. The number of piperidine rings is 1. The highest BCUT2D eigenvalue weighted by Crippen LogP contribution is 2.30. The highest BCUT2D eigenvalue weighted by Gasteiger charge is 2.28. The van der Waals surface area contributed by atoms with E-state index in [1.807, 2.05) is 24.3 Å². The molecule has 8 nitrogen and oxygen atoms in total. The van der Waals surface area contributed by atoms with E-state index >= 15 is 0 Å². The number of fused-ring (bicyclic) bond motifs is 1. The second-order valence-corrected chi connectivity index (χ2v) is 9.06. The van der Waals surface area contributed by atoms with Crippen molar-refractivity contribution in [2.75, 3.05) is 25.0 Å². The first kappa shape index (κ1) is 25.1. The van der Waals surface area contributed by atoms with Gasteiger partial charge in [0.25, 0.3) is 11.8 Å². The molecule has 0 bridgehead atoms. The first-order valence-electron chi connectivity index (χ1n) is 12.4. The minimum absolute atomic E-state index is 0.122. The predicted molar refractivity (Wildman–Crippen MR) is 139 cm³/mol. The molecule has 2 amide bonds. The van der Waals surface area contributed by atoms with E-state index < -0.39 is 17.7 Å². The number of ether oxygens (including phenoxy) is 1. The van der Waals surface area contributed by atoms with Gasteiger partial charge in [-0.1, -0.05) is 18.2 Å². The Morgan fingerprint density at radius 1 is 1.08 bits per heavy atom. The summed E-state index contributed by atoms with van der Waals surface area (Å²) in [7, 11) is 0. The summed E-state index contributed by atoms with van der Waals surface area (Å²) in [4.78, 5) is 43.4. The van der Waals surface area contributed by atoms with Gasteiger partial charge in [0.15, 0.2) is 5.58 Å². The van der Waals surface area contributed by atoms with Gasteiger partial charge < -0.3 is 19.4 Å². The molecule has 2 aromatic heterocycles. The van der Waals surface area contributed by atoms with Crippen molar-refractivity contribution in [2.24, 2.45) is 0 Å². The van der Waals surface area contributed by atoms with E-state index in [1.165, 1.54) is 24.4 Å². The Morgan fingerprint density at radius 2 is 1.82 bits per heavy atom. The molecule has 1 N–H and O–H groups in total. The quantitative estimate of drug-likeness (QED) is 0.344. The Kier molecular flexibility index (Phi) is 7.17. The molecule has 1 aliphatic heterocycles. The van der Waals surface area contributed by atoms with Crippen LogP contribution in [0.4, 0.5) is 10.1 Å². The lowest BCUT2D eigenvalue weighted by molar-refractivity contribution is 0.0520. The van der Waals surface area contributed by atoms with Crippen LogP contribution >= 0.6 is 0 Å². The number of esters is 1. The average molecular weight is 516 g/mol. The molecule has 3 heterocycles. The van der Waals surface area contributed by atoms with Crippen molar-refractivity contribution in [3.8, 4) is 0 Å². The van der Waals surface area contributed by atoms with Gasteiger partial charge in [0.05, 0.1) is 30.2 Å². The fourth-order valence-electron chi connectivity index (χ4n) is 4.68. The van der Waals surface area contributed by atoms with Crippen LogP contribution in [0, 0.1) is 5.82 Å². The number of aromatic nitrogens is 1. The Hall–Kier alpha value is -4.53. The molecule has 1 aliphatic rings. The molecule has 9 heteroatoms. The lowest BCUT2D eigenvalue weighted by atomic mass is 9.89. The number of benzene rings is 2. The molecule has 0 saturated carbocycles. The number of nitrogens with one attached hydrogen (secondary N) is 1. The molecule has 0 aliphatic carbocycles. The van der Waals surface area contributed by atoms with Crippen molar-refractivity contribution in [3.63, 3.8) is 0 Å². The number of hydrogen-bond acceptors (Lipinski definition) is 6. The number of pyridine rings is 1. The van der Waals surface area contributed by atoms with Crippen molar-refractivity contribution in [2.45, 2.75) is 25.7 Å². The number of nitrogens with zero attached hydrogens (tertiary/aromatic N) is 2. The monoisotopic (exact) mass is 515 g/mol. The Morgan fingerprint density at radius 3 is 2.55 bits per heavy atom.